The molecule has 0 radical (unpaired) electrons. The van der Waals surface area contributed by atoms with E-state index < -0.39 is 9.84 Å². The fourth-order valence-corrected chi connectivity index (χ4v) is 3.28. The summed E-state index contributed by atoms with van der Waals surface area (Å²) in [6.07, 6.45) is 1.78. The Morgan fingerprint density at radius 2 is 1.92 bits per heavy atom. The van der Waals surface area contributed by atoms with Crippen molar-refractivity contribution in [3.63, 3.8) is 0 Å². The van der Waals surface area contributed by atoms with Crippen LogP contribution in [0.4, 0.5) is 0 Å². The topological polar surface area (TPSA) is 70.6 Å². The molecule has 0 spiro atoms. The van der Waals surface area contributed by atoms with Gasteiger partial charge < -0.3 is 10.6 Å². The number of hydrogen-bond acceptors (Lipinski definition) is 4. The van der Waals surface area contributed by atoms with E-state index >= 15 is 0 Å². The van der Waals surface area contributed by atoms with E-state index in [1.807, 2.05) is 31.2 Å². The number of hydrogen-bond donors (Lipinski definition) is 2. The van der Waals surface area contributed by atoms with Gasteiger partial charge in [-0.05, 0) is 37.6 Å². The fourth-order valence-electron chi connectivity index (χ4n) is 1.73. The van der Waals surface area contributed by atoms with Gasteiger partial charge in [0, 0.05) is 41.6 Å². The number of aliphatic imine (C=N–C) groups is 1. The highest BCUT2D eigenvalue weighted by molar-refractivity contribution is 14.0. The van der Waals surface area contributed by atoms with Crippen LogP contribution < -0.4 is 10.6 Å². The normalized spacial score (nSPS) is 11.7. The largest absolute Gasteiger partial charge is 0.357 e. The standard InChI is InChI=1S/C15H24ClN3O2S2.HI/c1-3-17-15(18-9-4-12-23(2,20)21)19-10-11-22-14-7-5-13(16)6-8-14;/h5-8H,3-4,9-12H2,1-2H3,(H2,17,18,19);1H. The molecule has 0 atom stereocenters. The van der Waals surface area contributed by atoms with Gasteiger partial charge in [0.05, 0.1) is 5.75 Å². The lowest BCUT2D eigenvalue weighted by Gasteiger charge is -2.11. The Morgan fingerprint density at radius 1 is 1.25 bits per heavy atom. The molecule has 5 nitrogen and oxygen atoms in total. The third-order valence-electron chi connectivity index (χ3n) is 2.76. The van der Waals surface area contributed by atoms with Gasteiger partial charge in [0.2, 0.25) is 0 Å². The van der Waals surface area contributed by atoms with Crippen LogP contribution in [0.1, 0.15) is 13.3 Å². The van der Waals surface area contributed by atoms with Gasteiger partial charge in [-0.3, -0.25) is 4.99 Å². The molecule has 138 valence electrons. The van der Waals surface area contributed by atoms with Crippen molar-refractivity contribution >= 4 is 63.1 Å². The zero-order chi connectivity index (χ0) is 17.1. The van der Waals surface area contributed by atoms with Crippen LogP contribution in [0.15, 0.2) is 34.2 Å². The van der Waals surface area contributed by atoms with E-state index in [-0.39, 0.29) is 29.7 Å². The first-order valence-corrected chi connectivity index (χ1v) is 10.9. The molecule has 0 bridgehead atoms. The number of rotatable bonds is 9. The van der Waals surface area contributed by atoms with Gasteiger partial charge >= 0.3 is 0 Å². The number of sulfone groups is 1. The van der Waals surface area contributed by atoms with E-state index in [0.717, 1.165) is 29.8 Å². The zero-order valence-electron chi connectivity index (χ0n) is 13.9. The minimum absolute atomic E-state index is 0. The minimum atomic E-state index is -2.91. The van der Waals surface area contributed by atoms with Crippen molar-refractivity contribution in [2.24, 2.45) is 4.99 Å². The lowest BCUT2D eigenvalue weighted by molar-refractivity contribution is 0.599. The molecule has 0 fully saturated rings. The summed E-state index contributed by atoms with van der Waals surface area (Å²) >= 11 is 7.59. The third kappa shape index (κ3) is 12.2. The molecule has 0 heterocycles. The molecule has 24 heavy (non-hydrogen) atoms. The summed E-state index contributed by atoms with van der Waals surface area (Å²) in [5.74, 6) is 1.79. The molecule has 0 aromatic heterocycles. The Morgan fingerprint density at radius 3 is 2.50 bits per heavy atom. The number of thioether (sulfide) groups is 1. The second-order valence-corrected chi connectivity index (χ2v) is 8.84. The van der Waals surface area contributed by atoms with Gasteiger partial charge in [-0.2, -0.15) is 0 Å². The second-order valence-electron chi connectivity index (χ2n) is 4.97. The monoisotopic (exact) mass is 505 g/mol. The van der Waals surface area contributed by atoms with E-state index in [4.69, 9.17) is 11.6 Å². The minimum Gasteiger partial charge on any atom is -0.357 e. The average molecular weight is 506 g/mol. The van der Waals surface area contributed by atoms with Crippen LogP contribution in [-0.4, -0.2) is 51.8 Å². The first-order chi connectivity index (χ1) is 10.9. The van der Waals surface area contributed by atoms with E-state index in [1.54, 1.807) is 11.8 Å². The predicted molar refractivity (Wildman–Crippen MR) is 116 cm³/mol. The SMILES string of the molecule is CCNC(=NCCCS(C)(=O)=O)NCCSc1ccc(Cl)cc1.I. The van der Waals surface area contributed by atoms with Gasteiger partial charge in [0.25, 0.3) is 0 Å². The molecule has 0 saturated carbocycles. The number of halogens is 2. The van der Waals surface area contributed by atoms with Crippen LogP contribution in [-0.2, 0) is 9.84 Å². The van der Waals surface area contributed by atoms with Gasteiger partial charge in [-0.1, -0.05) is 11.6 Å². The fraction of sp³-hybridized carbons (Fsp3) is 0.533. The first-order valence-electron chi connectivity index (χ1n) is 7.49. The predicted octanol–water partition coefficient (Wildman–Crippen LogP) is 3.04. The molecule has 0 aliphatic carbocycles. The zero-order valence-corrected chi connectivity index (χ0v) is 18.6. The number of guanidine groups is 1. The molecular weight excluding hydrogens is 481 g/mol. The number of nitrogens with one attached hydrogen (secondary N) is 2. The second kappa shape index (κ2) is 13.1. The average Bonchev–Trinajstić information content (AvgIpc) is 2.48. The van der Waals surface area contributed by atoms with E-state index in [9.17, 15) is 8.42 Å². The molecule has 0 aliphatic rings. The third-order valence-corrected chi connectivity index (χ3v) is 5.06. The smallest absolute Gasteiger partial charge is 0.191 e. The van der Waals surface area contributed by atoms with Crippen molar-refractivity contribution in [1.82, 2.24) is 10.6 Å². The molecule has 0 aliphatic heterocycles. The van der Waals surface area contributed by atoms with Crippen LogP contribution >= 0.6 is 47.3 Å². The van der Waals surface area contributed by atoms with Crippen LogP contribution in [0.3, 0.4) is 0 Å². The maximum atomic E-state index is 11.1. The van der Waals surface area contributed by atoms with Crippen LogP contribution in [0, 0.1) is 0 Å². The van der Waals surface area contributed by atoms with Crippen molar-refractivity contribution in [3.05, 3.63) is 29.3 Å². The summed E-state index contributed by atoms with van der Waals surface area (Å²) in [7, 11) is -2.91. The highest BCUT2D eigenvalue weighted by Gasteiger charge is 2.02. The molecule has 1 aromatic rings. The van der Waals surface area contributed by atoms with Crippen LogP contribution in [0.2, 0.25) is 5.02 Å². The maximum Gasteiger partial charge on any atom is 0.191 e. The Kier molecular flexibility index (Phi) is 13.0. The van der Waals surface area contributed by atoms with Crippen molar-refractivity contribution in [1.29, 1.82) is 0 Å². The summed E-state index contributed by atoms with van der Waals surface area (Å²) in [5.41, 5.74) is 0. The number of nitrogens with zero attached hydrogens (tertiary/aromatic N) is 1. The Hall–Kier alpha value is -0.190. The van der Waals surface area contributed by atoms with Gasteiger partial charge in [0.15, 0.2) is 5.96 Å². The maximum absolute atomic E-state index is 11.1. The Bertz CT molecular complexity index is 595. The summed E-state index contributed by atoms with van der Waals surface area (Å²) in [4.78, 5) is 5.55. The summed E-state index contributed by atoms with van der Waals surface area (Å²) < 4.78 is 22.2. The van der Waals surface area contributed by atoms with E-state index in [0.29, 0.717) is 13.0 Å². The lowest BCUT2D eigenvalue weighted by Crippen LogP contribution is -2.38. The Balaban J connectivity index is 0.00000529. The molecular formula is C15H25ClIN3O2S2. The lowest BCUT2D eigenvalue weighted by atomic mass is 10.4. The van der Waals surface area contributed by atoms with E-state index in [2.05, 4.69) is 15.6 Å². The van der Waals surface area contributed by atoms with Crippen molar-refractivity contribution in [3.8, 4) is 0 Å². The molecule has 9 heteroatoms. The summed E-state index contributed by atoms with van der Waals surface area (Å²) in [6.45, 7) is 4.02. The Labute approximate surface area is 171 Å². The molecule has 2 N–H and O–H groups in total. The van der Waals surface area contributed by atoms with Gasteiger partial charge in [-0.25, -0.2) is 8.42 Å². The number of benzene rings is 1. The summed E-state index contributed by atoms with van der Waals surface area (Å²) in [6, 6.07) is 7.75. The summed E-state index contributed by atoms with van der Waals surface area (Å²) in [5, 5.41) is 7.13. The van der Waals surface area contributed by atoms with Gasteiger partial charge in [0.1, 0.15) is 9.84 Å². The first kappa shape index (κ1) is 23.8. The van der Waals surface area contributed by atoms with Crippen LogP contribution in [0.25, 0.3) is 0 Å². The van der Waals surface area contributed by atoms with Crippen molar-refractivity contribution in [2.75, 3.05) is 37.4 Å². The van der Waals surface area contributed by atoms with E-state index in [1.165, 1.54) is 11.2 Å². The molecule has 0 amide bonds. The van der Waals surface area contributed by atoms with Crippen molar-refractivity contribution in [2.45, 2.75) is 18.2 Å². The van der Waals surface area contributed by atoms with Gasteiger partial charge in [-0.15, -0.1) is 35.7 Å². The highest BCUT2D eigenvalue weighted by atomic mass is 127. The molecule has 0 saturated heterocycles. The molecule has 1 rings (SSSR count). The van der Waals surface area contributed by atoms with Crippen LogP contribution in [0.5, 0.6) is 0 Å². The van der Waals surface area contributed by atoms with Crippen molar-refractivity contribution < 1.29 is 8.42 Å². The highest BCUT2D eigenvalue weighted by Crippen LogP contribution is 2.19. The molecule has 1 aromatic carbocycles. The molecule has 0 unspecified atom stereocenters. The quantitative estimate of drug-likeness (QED) is 0.177.